The highest BCUT2D eigenvalue weighted by Gasteiger charge is 2.09. The van der Waals surface area contributed by atoms with Crippen molar-refractivity contribution in [2.45, 2.75) is 45.3 Å². The molecule has 0 saturated carbocycles. The fourth-order valence-electron chi connectivity index (χ4n) is 1.71. The summed E-state index contributed by atoms with van der Waals surface area (Å²) in [6.07, 6.45) is 1.28. The van der Waals surface area contributed by atoms with Gasteiger partial charge < -0.3 is 10.4 Å². The van der Waals surface area contributed by atoms with E-state index in [1.165, 1.54) is 5.56 Å². The van der Waals surface area contributed by atoms with Crippen LogP contribution in [0.25, 0.3) is 0 Å². The van der Waals surface area contributed by atoms with Gasteiger partial charge in [-0.25, -0.2) is 0 Å². The van der Waals surface area contributed by atoms with E-state index in [0.29, 0.717) is 12.8 Å². The fourth-order valence-corrected chi connectivity index (χ4v) is 1.98. The maximum absolute atomic E-state index is 11.6. The minimum atomic E-state index is -0.419. The molecular weight excluding hydrogens is 294 g/mol. The van der Waals surface area contributed by atoms with Gasteiger partial charge >= 0.3 is 0 Å². The van der Waals surface area contributed by atoms with Gasteiger partial charge in [-0.3, -0.25) is 4.79 Å². The SMILES string of the molecule is CC(O)CCC(=O)NC(C)Cc1ccc(Br)cc1. The van der Waals surface area contributed by atoms with Crippen LogP contribution in [0.3, 0.4) is 0 Å². The summed E-state index contributed by atoms with van der Waals surface area (Å²) in [6.45, 7) is 3.68. The summed E-state index contributed by atoms with van der Waals surface area (Å²) in [6, 6.07) is 8.19. The van der Waals surface area contributed by atoms with Crippen molar-refractivity contribution in [2.24, 2.45) is 0 Å². The summed E-state index contributed by atoms with van der Waals surface area (Å²) in [5, 5.41) is 12.0. The van der Waals surface area contributed by atoms with E-state index in [0.717, 1.165) is 10.9 Å². The molecule has 3 nitrogen and oxygen atoms in total. The van der Waals surface area contributed by atoms with Crippen molar-refractivity contribution in [2.75, 3.05) is 0 Å². The molecule has 0 spiro atoms. The average Bonchev–Trinajstić information content (AvgIpc) is 2.29. The summed E-state index contributed by atoms with van der Waals surface area (Å²) < 4.78 is 1.06. The van der Waals surface area contributed by atoms with Gasteiger partial charge in [0, 0.05) is 16.9 Å². The molecule has 0 bridgehead atoms. The summed E-state index contributed by atoms with van der Waals surface area (Å²) >= 11 is 3.39. The second-order valence-electron chi connectivity index (χ2n) is 4.69. The van der Waals surface area contributed by atoms with Crippen molar-refractivity contribution in [1.29, 1.82) is 0 Å². The van der Waals surface area contributed by atoms with Gasteiger partial charge in [0.05, 0.1) is 6.10 Å². The lowest BCUT2D eigenvalue weighted by Gasteiger charge is -2.14. The van der Waals surface area contributed by atoms with E-state index in [1.807, 2.05) is 31.2 Å². The third-order valence-electron chi connectivity index (χ3n) is 2.65. The Morgan fingerprint density at radius 2 is 1.94 bits per heavy atom. The van der Waals surface area contributed by atoms with Crippen molar-refractivity contribution in [3.05, 3.63) is 34.3 Å². The van der Waals surface area contributed by atoms with Crippen LogP contribution in [0.5, 0.6) is 0 Å². The highest BCUT2D eigenvalue weighted by molar-refractivity contribution is 9.10. The van der Waals surface area contributed by atoms with E-state index < -0.39 is 6.10 Å². The predicted molar refractivity (Wildman–Crippen MR) is 76.4 cm³/mol. The highest BCUT2D eigenvalue weighted by Crippen LogP contribution is 2.12. The summed E-state index contributed by atoms with van der Waals surface area (Å²) in [7, 11) is 0. The van der Waals surface area contributed by atoms with Crippen LogP contribution < -0.4 is 5.32 Å². The molecule has 4 heteroatoms. The molecule has 2 unspecified atom stereocenters. The smallest absolute Gasteiger partial charge is 0.220 e. The number of nitrogens with one attached hydrogen (secondary N) is 1. The second-order valence-corrected chi connectivity index (χ2v) is 5.60. The van der Waals surface area contributed by atoms with Gasteiger partial charge in [-0.15, -0.1) is 0 Å². The van der Waals surface area contributed by atoms with E-state index in [9.17, 15) is 4.79 Å². The first-order valence-corrected chi connectivity index (χ1v) is 6.98. The van der Waals surface area contributed by atoms with Crippen molar-refractivity contribution < 1.29 is 9.90 Å². The number of amides is 1. The number of aliphatic hydroxyl groups excluding tert-OH is 1. The molecule has 0 aliphatic carbocycles. The number of rotatable bonds is 6. The Labute approximate surface area is 117 Å². The van der Waals surface area contributed by atoms with Crippen LogP contribution in [0.1, 0.15) is 32.3 Å². The van der Waals surface area contributed by atoms with E-state index in [2.05, 4.69) is 21.2 Å². The van der Waals surface area contributed by atoms with E-state index >= 15 is 0 Å². The van der Waals surface area contributed by atoms with Gasteiger partial charge in [0.15, 0.2) is 0 Å². The molecule has 0 heterocycles. The lowest BCUT2D eigenvalue weighted by molar-refractivity contribution is -0.122. The predicted octanol–water partition coefficient (Wildman–Crippen LogP) is 2.66. The van der Waals surface area contributed by atoms with E-state index in [-0.39, 0.29) is 11.9 Å². The first-order chi connectivity index (χ1) is 8.47. The zero-order chi connectivity index (χ0) is 13.5. The lowest BCUT2D eigenvalue weighted by atomic mass is 10.1. The van der Waals surface area contributed by atoms with Crippen molar-refractivity contribution >= 4 is 21.8 Å². The Morgan fingerprint density at radius 1 is 1.33 bits per heavy atom. The number of benzene rings is 1. The Hall–Kier alpha value is -0.870. The largest absolute Gasteiger partial charge is 0.393 e. The molecule has 2 N–H and O–H groups in total. The number of aliphatic hydroxyl groups is 1. The van der Waals surface area contributed by atoms with Crippen LogP contribution in [0.15, 0.2) is 28.7 Å². The zero-order valence-corrected chi connectivity index (χ0v) is 12.4. The second kappa shape index (κ2) is 7.54. The van der Waals surface area contributed by atoms with Gasteiger partial charge in [-0.05, 0) is 44.4 Å². The van der Waals surface area contributed by atoms with Crippen molar-refractivity contribution in [3.63, 3.8) is 0 Å². The molecular formula is C14H20BrNO2. The van der Waals surface area contributed by atoms with Gasteiger partial charge in [0.2, 0.25) is 5.91 Å². The van der Waals surface area contributed by atoms with Crippen LogP contribution in [-0.4, -0.2) is 23.2 Å². The number of hydrogen-bond donors (Lipinski definition) is 2. The van der Waals surface area contributed by atoms with E-state index in [4.69, 9.17) is 5.11 Å². The van der Waals surface area contributed by atoms with Gasteiger partial charge in [-0.1, -0.05) is 28.1 Å². The lowest BCUT2D eigenvalue weighted by Crippen LogP contribution is -2.34. The quantitative estimate of drug-likeness (QED) is 0.848. The molecule has 0 aromatic heterocycles. The molecule has 0 aliphatic heterocycles. The first-order valence-electron chi connectivity index (χ1n) is 6.19. The number of carbonyl (C=O) groups is 1. The normalized spacial score (nSPS) is 14.0. The third kappa shape index (κ3) is 6.17. The number of halogens is 1. The zero-order valence-electron chi connectivity index (χ0n) is 10.8. The molecule has 100 valence electrons. The van der Waals surface area contributed by atoms with Crippen LogP contribution in [-0.2, 0) is 11.2 Å². The summed E-state index contributed by atoms with van der Waals surface area (Å²) in [4.78, 5) is 11.6. The minimum Gasteiger partial charge on any atom is -0.393 e. The average molecular weight is 314 g/mol. The first kappa shape index (κ1) is 15.2. The van der Waals surface area contributed by atoms with Gasteiger partial charge in [0.25, 0.3) is 0 Å². The maximum atomic E-state index is 11.6. The van der Waals surface area contributed by atoms with Crippen LogP contribution in [0, 0.1) is 0 Å². The fraction of sp³-hybridized carbons (Fsp3) is 0.500. The summed E-state index contributed by atoms with van der Waals surface area (Å²) in [5.41, 5.74) is 1.20. The Kier molecular flexibility index (Phi) is 6.36. The van der Waals surface area contributed by atoms with Crippen LogP contribution in [0.4, 0.5) is 0 Å². The maximum Gasteiger partial charge on any atom is 0.220 e. The van der Waals surface area contributed by atoms with Gasteiger partial charge in [0.1, 0.15) is 0 Å². The molecule has 1 aromatic carbocycles. The third-order valence-corrected chi connectivity index (χ3v) is 3.18. The molecule has 0 saturated heterocycles. The molecule has 18 heavy (non-hydrogen) atoms. The van der Waals surface area contributed by atoms with Gasteiger partial charge in [-0.2, -0.15) is 0 Å². The molecule has 0 radical (unpaired) electrons. The molecule has 0 fully saturated rings. The number of carbonyl (C=O) groups excluding carboxylic acids is 1. The monoisotopic (exact) mass is 313 g/mol. The molecule has 1 rings (SSSR count). The van der Waals surface area contributed by atoms with E-state index in [1.54, 1.807) is 6.92 Å². The van der Waals surface area contributed by atoms with Crippen LogP contribution in [0.2, 0.25) is 0 Å². The number of hydrogen-bond acceptors (Lipinski definition) is 2. The van der Waals surface area contributed by atoms with Crippen molar-refractivity contribution in [3.8, 4) is 0 Å². The van der Waals surface area contributed by atoms with Crippen LogP contribution >= 0.6 is 15.9 Å². The standard InChI is InChI=1S/C14H20BrNO2/c1-10(16-14(18)8-3-11(2)17)9-12-4-6-13(15)7-5-12/h4-7,10-11,17H,3,8-9H2,1-2H3,(H,16,18). The Morgan fingerprint density at radius 3 is 2.50 bits per heavy atom. The van der Waals surface area contributed by atoms with Crippen molar-refractivity contribution in [1.82, 2.24) is 5.32 Å². The molecule has 0 aliphatic rings. The molecule has 1 aromatic rings. The Bertz CT molecular complexity index is 376. The molecule has 2 atom stereocenters. The minimum absolute atomic E-state index is 0.000474. The summed E-state index contributed by atoms with van der Waals surface area (Å²) in [5.74, 6) is 0.000474. The highest BCUT2D eigenvalue weighted by atomic mass is 79.9. The molecule has 1 amide bonds. The Balaban J connectivity index is 2.34. The topological polar surface area (TPSA) is 49.3 Å².